The lowest BCUT2D eigenvalue weighted by molar-refractivity contribution is 0.504. The first kappa shape index (κ1) is 17.6. The first-order chi connectivity index (χ1) is 11.9. The molecule has 1 unspecified atom stereocenters. The maximum Gasteiger partial charge on any atom is 0.234 e. The van der Waals surface area contributed by atoms with Crippen molar-refractivity contribution in [2.24, 2.45) is 0 Å². The average molecular weight is 358 g/mol. The van der Waals surface area contributed by atoms with Gasteiger partial charge in [-0.05, 0) is 30.9 Å². The summed E-state index contributed by atoms with van der Waals surface area (Å²) in [6.07, 6.45) is 5.82. The summed E-state index contributed by atoms with van der Waals surface area (Å²) in [5.41, 5.74) is 2.63. The summed E-state index contributed by atoms with van der Waals surface area (Å²) >= 11 is 0. The van der Waals surface area contributed by atoms with Crippen LogP contribution < -0.4 is 9.62 Å². The van der Waals surface area contributed by atoms with Crippen molar-refractivity contribution in [1.29, 1.82) is 0 Å². The molecule has 0 spiro atoms. The van der Waals surface area contributed by atoms with Crippen LogP contribution in [0.3, 0.4) is 0 Å². The van der Waals surface area contributed by atoms with Crippen molar-refractivity contribution < 1.29 is 8.42 Å². The molecule has 3 rings (SSSR count). The van der Waals surface area contributed by atoms with Crippen molar-refractivity contribution in [3.63, 3.8) is 0 Å². The normalized spacial score (nSPS) is 17.4. The molecule has 0 fully saturated rings. The number of sulfonamides is 1. The molecule has 1 aromatic carbocycles. The molecule has 0 radical (unpaired) electrons. The molecular weight excluding hydrogens is 336 g/mol. The summed E-state index contributed by atoms with van der Waals surface area (Å²) in [4.78, 5) is 10.7. The van der Waals surface area contributed by atoms with Gasteiger partial charge in [-0.25, -0.2) is 23.1 Å². The monoisotopic (exact) mass is 358 g/mol. The van der Waals surface area contributed by atoms with Gasteiger partial charge in [-0.2, -0.15) is 0 Å². The third-order valence-corrected chi connectivity index (χ3v) is 5.22. The van der Waals surface area contributed by atoms with E-state index in [0.29, 0.717) is 5.95 Å². The van der Waals surface area contributed by atoms with Crippen molar-refractivity contribution >= 4 is 22.0 Å². The van der Waals surface area contributed by atoms with Gasteiger partial charge in [0.15, 0.2) is 0 Å². The van der Waals surface area contributed by atoms with E-state index < -0.39 is 10.0 Å². The van der Waals surface area contributed by atoms with Crippen LogP contribution in [0.5, 0.6) is 0 Å². The fraction of sp³-hybridized carbons (Fsp3) is 0.333. The Morgan fingerprint density at radius 2 is 2.00 bits per heavy atom. The Labute approximate surface area is 148 Å². The molecule has 1 atom stereocenters. The van der Waals surface area contributed by atoms with Gasteiger partial charge in [-0.3, -0.25) is 0 Å². The van der Waals surface area contributed by atoms with Gasteiger partial charge in [0.25, 0.3) is 0 Å². The van der Waals surface area contributed by atoms with E-state index in [-0.39, 0.29) is 6.04 Å². The van der Waals surface area contributed by atoms with E-state index in [1.807, 2.05) is 49.3 Å². The number of fused-ring (bicyclic) bond motifs is 1. The number of hydrogen-bond donors (Lipinski definition) is 1. The molecule has 0 aliphatic heterocycles. The van der Waals surface area contributed by atoms with Gasteiger partial charge in [0, 0.05) is 31.3 Å². The maximum atomic E-state index is 12.4. The Morgan fingerprint density at radius 3 is 2.72 bits per heavy atom. The smallest absolute Gasteiger partial charge is 0.234 e. The summed E-state index contributed by atoms with van der Waals surface area (Å²) in [7, 11) is 0.231. The zero-order valence-electron chi connectivity index (χ0n) is 14.4. The Balaban J connectivity index is 1.79. The lowest BCUT2D eigenvalue weighted by Crippen LogP contribution is -2.30. The van der Waals surface area contributed by atoms with Crippen LogP contribution in [0.25, 0.3) is 6.08 Å². The van der Waals surface area contributed by atoms with Crippen molar-refractivity contribution in [3.8, 4) is 0 Å². The SMILES string of the molecule is CN(C)c1ncc2c(n1)CCCC2NS(=O)(=O)C=Cc1ccccc1. The minimum absolute atomic E-state index is 0.287. The highest BCUT2D eigenvalue weighted by Crippen LogP contribution is 2.29. The molecular formula is C18H22N4O2S. The molecule has 0 amide bonds. The number of nitrogens with one attached hydrogen (secondary N) is 1. The summed E-state index contributed by atoms with van der Waals surface area (Å²) in [6.45, 7) is 0. The topological polar surface area (TPSA) is 75.2 Å². The first-order valence-corrected chi connectivity index (χ1v) is 9.78. The molecule has 132 valence electrons. The van der Waals surface area contributed by atoms with Crippen LogP contribution in [-0.2, 0) is 16.4 Å². The van der Waals surface area contributed by atoms with E-state index in [9.17, 15) is 8.42 Å². The molecule has 0 saturated carbocycles. The Bertz CT molecular complexity index is 864. The van der Waals surface area contributed by atoms with Crippen molar-refractivity contribution in [3.05, 3.63) is 58.8 Å². The summed E-state index contributed by atoms with van der Waals surface area (Å²) < 4.78 is 27.6. The number of benzene rings is 1. The van der Waals surface area contributed by atoms with E-state index in [1.54, 1.807) is 12.3 Å². The number of aryl methyl sites for hydroxylation is 1. The largest absolute Gasteiger partial charge is 0.347 e. The molecule has 25 heavy (non-hydrogen) atoms. The Hall–Kier alpha value is -2.25. The van der Waals surface area contributed by atoms with E-state index >= 15 is 0 Å². The molecule has 0 bridgehead atoms. The van der Waals surface area contributed by atoms with Crippen LogP contribution in [0.15, 0.2) is 41.9 Å². The molecule has 1 aromatic heterocycles. The van der Waals surface area contributed by atoms with Crippen LogP contribution in [0.2, 0.25) is 0 Å². The molecule has 6 nitrogen and oxygen atoms in total. The molecule has 2 aromatic rings. The van der Waals surface area contributed by atoms with E-state index in [1.165, 1.54) is 5.41 Å². The van der Waals surface area contributed by atoms with Crippen LogP contribution >= 0.6 is 0 Å². The Morgan fingerprint density at radius 1 is 1.24 bits per heavy atom. The Kier molecular flexibility index (Phi) is 5.15. The first-order valence-electron chi connectivity index (χ1n) is 8.23. The number of hydrogen-bond acceptors (Lipinski definition) is 5. The van der Waals surface area contributed by atoms with Gasteiger partial charge < -0.3 is 4.90 Å². The lowest BCUT2D eigenvalue weighted by Gasteiger charge is -2.25. The second-order valence-corrected chi connectivity index (χ2v) is 7.89. The zero-order chi connectivity index (χ0) is 17.9. The number of nitrogens with zero attached hydrogens (tertiary/aromatic N) is 3. The fourth-order valence-electron chi connectivity index (χ4n) is 2.84. The van der Waals surface area contributed by atoms with Gasteiger partial charge in [-0.15, -0.1) is 0 Å². The summed E-state index contributed by atoms with van der Waals surface area (Å²) in [5, 5.41) is 1.21. The number of anilines is 1. The van der Waals surface area contributed by atoms with Crippen LogP contribution in [0, 0.1) is 0 Å². The molecule has 1 aliphatic rings. The standard InChI is InChI=1S/C18H22N4O2S/c1-22(2)18-19-13-15-16(20-18)9-6-10-17(15)21-25(23,24)12-11-14-7-4-3-5-8-14/h3-5,7-8,11-13,17,21H,6,9-10H2,1-2H3. The minimum atomic E-state index is -3.55. The molecule has 7 heteroatoms. The van der Waals surface area contributed by atoms with Crippen LogP contribution in [0.1, 0.15) is 35.7 Å². The van der Waals surface area contributed by atoms with E-state index in [4.69, 9.17) is 0 Å². The fourth-order valence-corrected chi connectivity index (χ4v) is 3.90. The van der Waals surface area contributed by atoms with Gasteiger partial charge >= 0.3 is 0 Å². The molecule has 1 aliphatic carbocycles. The highest BCUT2D eigenvalue weighted by Gasteiger charge is 2.25. The number of aromatic nitrogens is 2. The zero-order valence-corrected chi connectivity index (χ0v) is 15.2. The maximum absolute atomic E-state index is 12.4. The average Bonchev–Trinajstić information content (AvgIpc) is 2.60. The van der Waals surface area contributed by atoms with Crippen molar-refractivity contribution in [2.45, 2.75) is 25.3 Å². The highest BCUT2D eigenvalue weighted by molar-refractivity contribution is 7.92. The molecule has 1 N–H and O–H groups in total. The van der Waals surface area contributed by atoms with Gasteiger partial charge in [0.05, 0.1) is 11.7 Å². The van der Waals surface area contributed by atoms with Gasteiger partial charge in [0.2, 0.25) is 16.0 Å². The summed E-state index contributed by atoms with van der Waals surface area (Å²) in [6, 6.07) is 9.07. The van der Waals surface area contributed by atoms with Crippen LogP contribution in [-0.4, -0.2) is 32.5 Å². The second-order valence-electron chi connectivity index (χ2n) is 6.29. The third kappa shape index (κ3) is 4.43. The predicted molar refractivity (Wildman–Crippen MR) is 99.6 cm³/mol. The minimum Gasteiger partial charge on any atom is -0.347 e. The van der Waals surface area contributed by atoms with Gasteiger partial charge in [-0.1, -0.05) is 30.3 Å². The highest BCUT2D eigenvalue weighted by atomic mass is 32.2. The number of rotatable bonds is 5. The predicted octanol–water partition coefficient (Wildman–Crippen LogP) is 2.51. The molecule has 0 saturated heterocycles. The second kappa shape index (κ2) is 7.33. The van der Waals surface area contributed by atoms with E-state index in [2.05, 4.69) is 14.7 Å². The molecule has 1 heterocycles. The third-order valence-electron chi connectivity index (χ3n) is 4.11. The quantitative estimate of drug-likeness (QED) is 0.889. The van der Waals surface area contributed by atoms with Crippen molar-refractivity contribution in [1.82, 2.24) is 14.7 Å². The van der Waals surface area contributed by atoms with Crippen LogP contribution in [0.4, 0.5) is 5.95 Å². The summed E-state index contributed by atoms with van der Waals surface area (Å²) in [5.74, 6) is 0.645. The van der Waals surface area contributed by atoms with E-state index in [0.717, 1.165) is 36.1 Å². The van der Waals surface area contributed by atoms with Gasteiger partial charge in [0.1, 0.15) is 0 Å². The van der Waals surface area contributed by atoms with Crippen molar-refractivity contribution in [2.75, 3.05) is 19.0 Å². The lowest BCUT2D eigenvalue weighted by atomic mass is 9.93.